The Balaban J connectivity index is 2.15. The number of hydrogen-bond acceptors (Lipinski definition) is 3. The zero-order valence-electron chi connectivity index (χ0n) is 19.5. The highest BCUT2D eigenvalue weighted by molar-refractivity contribution is 9.10. The molecule has 0 unspecified atom stereocenters. The lowest BCUT2D eigenvalue weighted by molar-refractivity contribution is -0.117. The first kappa shape index (κ1) is 23.8. The van der Waals surface area contributed by atoms with Gasteiger partial charge < -0.3 is 9.80 Å². The first-order chi connectivity index (χ1) is 15.3. The van der Waals surface area contributed by atoms with E-state index in [-0.39, 0.29) is 11.7 Å². The van der Waals surface area contributed by atoms with Gasteiger partial charge in [-0.2, -0.15) is 0 Å². The van der Waals surface area contributed by atoms with Crippen LogP contribution in [0.2, 0.25) is 0 Å². The first-order valence-corrected chi connectivity index (χ1v) is 11.6. The van der Waals surface area contributed by atoms with E-state index in [0.29, 0.717) is 6.42 Å². The van der Waals surface area contributed by atoms with Crippen molar-refractivity contribution in [2.24, 2.45) is 0 Å². The van der Waals surface area contributed by atoms with E-state index >= 15 is 0 Å². The van der Waals surface area contributed by atoms with Crippen LogP contribution in [0.5, 0.6) is 0 Å². The number of Topliss-reactive ketones (excluding diaryl/α,β-unsaturated/α-hetero) is 1. The molecule has 0 spiro atoms. The molecule has 0 saturated heterocycles. The maximum atomic E-state index is 12.2. The lowest BCUT2D eigenvalue weighted by atomic mass is 9.87. The van der Waals surface area contributed by atoms with Gasteiger partial charge in [0.05, 0.1) is 0 Å². The van der Waals surface area contributed by atoms with E-state index in [1.165, 1.54) is 0 Å². The molecule has 1 atom stereocenters. The van der Waals surface area contributed by atoms with E-state index in [1.54, 1.807) is 6.92 Å². The van der Waals surface area contributed by atoms with E-state index in [9.17, 15) is 4.79 Å². The maximum absolute atomic E-state index is 12.2. The van der Waals surface area contributed by atoms with Gasteiger partial charge in [0.1, 0.15) is 5.78 Å². The second kappa shape index (κ2) is 10.6. The molecule has 0 aliphatic rings. The normalized spacial score (nSPS) is 11.6. The van der Waals surface area contributed by atoms with Crippen LogP contribution in [-0.2, 0) is 4.79 Å². The summed E-state index contributed by atoms with van der Waals surface area (Å²) >= 11 is 3.69. The standard InChI is InChI=1S/C28H31BrN2O/c1-20(32)18-23(26-8-6-7-9-28(26)29)19-27(21-10-14-24(15-11-21)30(2)3)22-12-16-25(17-13-22)31(4)5/h6-17,19,23H,18H2,1-5H3/t23-/m1/s1. The summed E-state index contributed by atoms with van der Waals surface area (Å²) in [6.45, 7) is 1.66. The summed E-state index contributed by atoms with van der Waals surface area (Å²) in [5.41, 5.74) is 6.82. The van der Waals surface area contributed by atoms with Crippen molar-refractivity contribution >= 4 is 38.7 Å². The van der Waals surface area contributed by atoms with Crippen molar-refractivity contribution in [3.8, 4) is 0 Å². The Hall–Kier alpha value is -2.85. The van der Waals surface area contributed by atoms with Gasteiger partial charge in [0.2, 0.25) is 0 Å². The molecule has 0 aliphatic carbocycles. The fraction of sp³-hybridized carbons (Fsp3) is 0.250. The molecule has 0 N–H and O–H groups in total. The Bertz CT molecular complexity index is 1030. The minimum absolute atomic E-state index is 0.0277. The second-order valence-electron chi connectivity index (χ2n) is 8.50. The third kappa shape index (κ3) is 5.89. The lowest BCUT2D eigenvalue weighted by Gasteiger charge is -2.19. The molecule has 0 fully saturated rings. The van der Waals surface area contributed by atoms with Crippen LogP contribution < -0.4 is 9.80 Å². The van der Waals surface area contributed by atoms with Crippen molar-refractivity contribution in [3.05, 3.63) is 100 Å². The van der Waals surface area contributed by atoms with Crippen molar-refractivity contribution in [1.29, 1.82) is 0 Å². The molecule has 0 saturated carbocycles. The number of ketones is 1. The molecule has 3 nitrogen and oxygen atoms in total. The molecule has 0 aliphatic heterocycles. The van der Waals surface area contributed by atoms with Gasteiger partial charge in [0.15, 0.2) is 0 Å². The van der Waals surface area contributed by atoms with Gasteiger partial charge in [-0.15, -0.1) is 0 Å². The number of carbonyl (C=O) groups excluding carboxylic acids is 1. The number of allylic oxidation sites excluding steroid dienone is 1. The molecule has 0 bridgehead atoms. The molecule has 166 valence electrons. The number of nitrogens with zero attached hydrogens (tertiary/aromatic N) is 2. The topological polar surface area (TPSA) is 23.6 Å². The maximum Gasteiger partial charge on any atom is 0.130 e. The minimum Gasteiger partial charge on any atom is -0.378 e. The fourth-order valence-corrected chi connectivity index (χ4v) is 4.36. The lowest BCUT2D eigenvalue weighted by Crippen LogP contribution is -2.09. The van der Waals surface area contributed by atoms with E-state index < -0.39 is 0 Å². The van der Waals surface area contributed by atoms with Crippen LogP contribution in [0.3, 0.4) is 0 Å². The summed E-state index contributed by atoms with van der Waals surface area (Å²) < 4.78 is 1.02. The van der Waals surface area contributed by atoms with Crippen molar-refractivity contribution in [3.63, 3.8) is 0 Å². The Morgan fingerprint density at radius 1 is 0.812 bits per heavy atom. The van der Waals surface area contributed by atoms with Crippen molar-refractivity contribution in [2.75, 3.05) is 38.0 Å². The predicted molar refractivity (Wildman–Crippen MR) is 141 cm³/mol. The van der Waals surface area contributed by atoms with E-state index in [4.69, 9.17) is 0 Å². The highest BCUT2D eigenvalue weighted by Crippen LogP contribution is 2.35. The Morgan fingerprint density at radius 2 is 1.28 bits per heavy atom. The summed E-state index contributed by atoms with van der Waals surface area (Å²) in [7, 11) is 8.17. The Labute approximate surface area is 200 Å². The average Bonchev–Trinajstić information content (AvgIpc) is 2.77. The summed E-state index contributed by atoms with van der Waals surface area (Å²) in [4.78, 5) is 16.4. The Morgan fingerprint density at radius 3 is 1.69 bits per heavy atom. The molecule has 0 amide bonds. The van der Waals surface area contributed by atoms with Crippen LogP contribution in [0.15, 0.2) is 83.3 Å². The zero-order valence-corrected chi connectivity index (χ0v) is 21.1. The molecule has 3 rings (SSSR count). The summed E-state index contributed by atoms with van der Waals surface area (Å²) in [5.74, 6) is 0.146. The minimum atomic E-state index is -0.0277. The molecule has 4 heteroatoms. The van der Waals surface area contributed by atoms with Crippen LogP contribution in [0.1, 0.15) is 36.0 Å². The van der Waals surface area contributed by atoms with Crippen LogP contribution in [0.25, 0.3) is 5.57 Å². The summed E-state index contributed by atoms with van der Waals surface area (Å²) in [6, 6.07) is 25.3. The predicted octanol–water partition coefficient (Wildman–Crippen LogP) is 6.78. The highest BCUT2D eigenvalue weighted by Gasteiger charge is 2.17. The molecule has 0 aromatic heterocycles. The smallest absolute Gasteiger partial charge is 0.130 e. The zero-order chi connectivity index (χ0) is 23.3. The van der Waals surface area contributed by atoms with Crippen LogP contribution in [-0.4, -0.2) is 34.0 Å². The van der Waals surface area contributed by atoms with Gasteiger partial charge in [0.25, 0.3) is 0 Å². The number of anilines is 2. The summed E-state index contributed by atoms with van der Waals surface area (Å²) in [6.07, 6.45) is 2.70. The molecule has 0 heterocycles. The number of benzene rings is 3. The van der Waals surface area contributed by atoms with Crippen molar-refractivity contribution < 1.29 is 4.79 Å². The Kier molecular flexibility index (Phi) is 7.92. The number of carbonyl (C=O) groups is 1. The highest BCUT2D eigenvalue weighted by atomic mass is 79.9. The molecule has 3 aromatic carbocycles. The monoisotopic (exact) mass is 490 g/mol. The van der Waals surface area contributed by atoms with Gasteiger partial charge in [-0.1, -0.05) is 64.5 Å². The van der Waals surface area contributed by atoms with Crippen LogP contribution >= 0.6 is 15.9 Å². The quantitative estimate of drug-likeness (QED) is 0.347. The molecule has 3 aromatic rings. The molecule has 0 radical (unpaired) electrons. The number of rotatable bonds is 8. The average molecular weight is 491 g/mol. The molecular weight excluding hydrogens is 460 g/mol. The van der Waals surface area contributed by atoms with Crippen molar-refractivity contribution in [2.45, 2.75) is 19.3 Å². The van der Waals surface area contributed by atoms with Crippen molar-refractivity contribution in [1.82, 2.24) is 0 Å². The molecular formula is C28H31BrN2O. The van der Waals surface area contributed by atoms with Gasteiger partial charge >= 0.3 is 0 Å². The van der Waals surface area contributed by atoms with Gasteiger partial charge in [-0.05, 0) is 59.5 Å². The van der Waals surface area contributed by atoms with Gasteiger partial charge in [0, 0.05) is 56.4 Å². The van der Waals surface area contributed by atoms with Gasteiger partial charge in [-0.25, -0.2) is 0 Å². The second-order valence-corrected chi connectivity index (χ2v) is 9.35. The largest absolute Gasteiger partial charge is 0.378 e. The van der Waals surface area contributed by atoms with E-state index in [0.717, 1.165) is 38.1 Å². The first-order valence-electron chi connectivity index (χ1n) is 10.8. The fourth-order valence-electron chi connectivity index (χ4n) is 3.78. The SMILES string of the molecule is CC(=O)C[C@H](C=C(c1ccc(N(C)C)cc1)c1ccc(N(C)C)cc1)c1ccccc1Br. The number of halogens is 1. The molecule has 32 heavy (non-hydrogen) atoms. The summed E-state index contributed by atoms with van der Waals surface area (Å²) in [5, 5.41) is 0. The number of hydrogen-bond donors (Lipinski definition) is 0. The third-order valence-electron chi connectivity index (χ3n) is 5.57. The van der Waals surface area contributed by atoms with Crippen LogP contribution in [0, 0.1) is 0 Å². The van der Waals surface area contributed by atoms with E-state index in [1.807, 2.05) is 46.4 Å². The van der Waals surface area contributed by atoms with E-state index in [2.05, 4.69) is 86.4 Å². The van der Waals surface area contributed by atoms with Crippen LogP contribution in [0.4, 0.5) is 11.4 Å². The third-order valence-corrected chi connectivity index (χ3v) is 6.29. The van der Waals surface area contributed by atoms with Gasteiger partial charge in [-0.3, -0.25) is 4.79 Å².